The highest BCUT2D eigenvalue weighted by molar-refractivity contribution is 6.09. The van der Waals surface area contributed by atoms with Gasteiger partial charge in [0.1, 0.15) is 12.0 Å². The minimum absolute atomic E-state index is 0.627. The highest BCUT2D eigenvalue weighted by Crippen LogP contribution is 2.29. The van der Waals surface area contributed by atoms with Gasteiger partial charge in [-0.3, -0.25) is 10.3 Å². The van der Waals surface area contributed by atoms with Gasteiger partial charge in [-0.15, -0.1) is 0 Å². The SMILES string of the molecule is c1ccc2c(c1)c(NOCC1CCCCC1)cc(=NOCC1CCCCC1)c1ccccc12. The van der Waals surface area contributed by atoms with Crippen molar-refractivity contribution in [3.05, 3.63) is 60.0 Å². The summed E-state index contributed by atoms with van der Waals surface area (Å²) in [5.41, 5.74) is 4.24. The Labute approximate surface area is 196 Å². The first-order valence-corrected chi connectivity index (χ1v) is 12.9. The van der Waals surface area contributed by atoms with Crippen LogP contribution in [0.2, 0.25) is 0 Å². The van der Waals surface area contributed by atoms with E-state index in [1.165, 1.54) is 75.0 Å². The summed E-state index contributed by atoms with van der Waals surface area (Å²) in [5, 5.41) is 10.1. The third-order valence-corrected chi connectivity index (χ3v) is 7.42. The molecule has 0 spiro atoms. The van der Waals surface area contributed by atoms with Crippen molar-refractivity contribution in [2.75, 3.05) is 18.7 Å². The number of nitrogens with zero attached hydrogens (tertiary/aromatic N) is 1. The van der Waals surface area contributed by atoms with Crippen molar-refractivity contribution in [1.82, 2.24) is 0 Å². The first-order valence-electron chi connectivity index (χ1n) is 12.9. The second kappa shape index (κ2) is 11.0. The molecular formula is C29H36N2O2. The van der Waals surface area contributed by atoms with Crippen molar-refractivity contribution in [3.63, 3.8) is 0 Å². The Morgan fingerprint density at radius 3 is 1.88 bits per heavy atom. The number of nitrogens with one attached hydrogen (secondary N) is 1. The van der Waals surface area contributed by atoms with Gasteiger partial charge in [0.15, 0.2) is 0 Å². The Morgan fingerprint density at radius 1 is 0.667 bits per heavy atom. The lowest BCUT2D eigenvalue weighted by molar-refractivity contribution is 0.0841. The molecule has 0 atom stereocenters. The van der Waals surface area contributed by atoms with E-state index in [1.54, 1.807) is 0 Å². The molecule has 0 saturated heterocycles. The fraction of sp³-hybridized carbons (Fsp3) is 0.483. The monoisotopic (exact) mass is 444 g/mol. The molecule has 0 aliphatic heterocycles. The largest absolute Gasteiger partial charge is 0.395 e. The molecule has 0 aromatic heterocycles. The molecule has 0 heterocycles. The molecule has 1 N–H and O–H groups in total. The maximum atomic E-state index is 6.06. The molecule has 4 heteroatoms. The van der Waals surface area contributed by atoms with E-state index in [1.807, 2.05) is 0 Å². The van der Waals surface area contributed by atoms with Gasteiger partial charge >= 0.3 is 0 Å². The van der Waals surface area contributed by atoms with E-state index < -0.39 is 0 Å². The molecule has 3 aromatic carbocycles. The van der Waals surface area contributed by atoms with Crippen LogP contribution in [-0.4, -0.2) is 13.2 Å². The maximum absolute atomic E-state index is 6.06. The summed E-state index contributed by atoms with van der Waals surface area (Å²) in [4.78, 5) is 12.0. The molecule has 2 aliphatic rings. The second-order valence-corrected chi connectivity index (χ2v) is 9.84. The van der Waals surface area contributed by atoms with Gasteiger partial charge in [0, 0.05) is 10.8 Å². The van der Waals surface area contributed by atoms with E-state index in [9.17, 15) is 0 Å². The molecule has 2 aliphatic carbocycles. The third kappa shape index (κ3) is 5.50. The van der Waals surface area contributed by atoms with Crippen LogP contribution in [0.5, 0.6) is 0 Å². The topological polar surface area (TPSA) is 42.8 Å². The van der Waals surface area contributed by atoms with E-state index >= 15 is 0 Å². The van der Waals surface area contributed by atoms with Gasteiger partial charge in [-0.2, -0.15) is 0 Å². The van der Waals surface area contributed by atoms with Crippen LogP contribution < -0.4 is 10.8 Å². The molecule has 3 aromatic rings. The molecule has 174 valence electrons. The average Bonchev–Trinajstić information content (AvgIpc) is 3.01. The lowest BCUT2D eigenvalue weighted by atomic mass is 9.90. The summed E-state index contributed by atoms with van der Waals surface area (Å²) in [6.45, 7) is 1.45. The molecule has 2 fully saturated rings. The predicted molar refractivity (Wildman–Crippen MR) is 136 cm³/mol. The van der Waals surface area contributed by atoms with Gasteiger partial charge in [-0.1, -0.05) is 92.2 Å². The first-order chi connectivity index (χ1) is 16.4. The summed E-state index contributed by atoms with van der Waals surface area (Å²) < 4.78 is 0. The summed E-state index contributed by atoms with van der Waals surface area (Å²) in [6.07, 6.45) is 13.0. The minimum atomic E-state index is 0.627. The number of anilines is 1. The summed E-state index contributed by atoms with van der Waals surface area (Å²) >= 11 is 0. The average molecular weight is 445 g/mol. The quantitative estimate of drug-likeness (QED) is 0.388. The number of benzene rings is 2. The fourth-order valence-electron chi connectivity index (χ4n) is 5.50. The predicted octanol–water partition coefficient (Wildman–Crippen LogP) is 7.33. The van der Waals surface area contributed by atoms with E-state index in [2.05, 4.69) is 65.2 Å². The van der Waals surface area contributed by atoms with Crippen molar-refractivity contribution in [2.45, 2.75) is 64.2 Å². The Hall–Kier alpha value is -2.59. The van der Waals surface area contributed by atoms with Crippen molar-refractivity contribution in [3.8, 4) is 0 Å². The van der Waals surface area contributed by atoms with E-state index in [0.29, 0.717) is 18.4 Å². The van der Waals surface area contributed by atoms with Crippen molar-refractivity contribution >= 4 is 27.2 Å². The van der Waals surface area contributed by atoms with Crippen LogP contribution in [0.1, 0.15) is 64.2 Å². The molecule has 33 heavy (non-hydrogen) atoms. The van der Waals surface area contributed by atoms with Gasteiger partial charge < -0.3 is 4.84 Å². The van der Waals surface area contributed by atoms with Crippen LogP contribution in [0.4, 0.5) is 5.69 Å². The number of rotatable bonds is 7. The summed E-state index contributed by atoms with van der Waals surface area (Å²) in [7, 11) is 0. The van der Waals surface area contributed by atoms with E-state index in [0.717, 1.165) is 28.4 Å². The van der Waals surface area contributed by atoms with Crippen LogP contribution in [0.25, 0.3) is 21.5 Å². The zero-order valence-electron chi connectivity index (χ0n) is 19.6. The Balaban J connectivity index is 1.48. The Morgan fingerprint density at radius 2 is 1.21 bits per heavy atom. The fourth-order valence-corrected chi connectivity index (χ4v) is 5.50. The van der Waals surface area contributed by atoms with Crippen molar-refractivity contribution in [1.29, 1.82) is 0 Å². The van der Waals surface area contributed by atoms with Crippen LogP contribution in [0.15, 0.2) is 59.8 Å². The number of fused-ring (bicyclic) bond motifs is 3. The van der Waals surface area contributed by atoms with Crippen LogP contribution >= 0.6 is 0 Å². The molecular weight excluding hydrogens is 408 g/mol. The molecule has 0 amide bonds. The van der Waals surface area contributed by atoms with E-state index in [-0.39, 0.29) is 0 Å². The maximum Gasteiger partial charge on any atom is 0.120 e. The van der Waals surface area contributed by atoms with Crippen molar-refractivity contribution < 1.29 is 9.68 Å². The highest BCUT2D eigenvalue weighted by Gasteiger charge is 2.15. The summed E-state index contributed by atoms with van der Waals surface area (Å²) in [6, 6.07) is 19.1. The van der Waals surface area contributed by atoms with Gasteiger partial charge in [-0.05, 0) is 54.4 Å². The van der Waals surface area contributed by atoms with Gasteiger partial charge in [0.2, 0.25) is 0 Å². The molecule has 2 saturated carbocycles. The zero-order chi connectivity index (χ0) is 22.3. The third-order valence-electron chi connectivity index (χ3n) is 7.42. The number of hydrogen-bond donors (Lipinski definition) is 1. The van der Waals surface area contributed by atoms with Gasteiger partial charge in [0.25, 0.3) is 0 Å². The standard InChI is InChI=1S/C29H36N2O2/c1-3-11-22(12-4-1)20-32-30-28-19-29(31-33-21-23-13-5-2-6-14-23)27-18-10-8-16-25(27)24-15-7-9-17-26(24)28/h7-10,15-19,22-23,30H,1-6,11-14,20-21H2. The minimum Gasteiger partial charge on any atom is -0.395 e. The van der Waals surface area contributed by atoms with Crippen LogP contribution in [0.3, 0.4) is 0 Å². The van der Waals surface area contributed by atoms with E-state index in [4.69, 9.17) is 9.68 Å². The molecule has 0 radical (unpaired) electrons. The highest BCUT2D eigenvalue weighted by atomic mass is 16.6. The van der Waals surface area contributed by atoms with Gasteiger partial charge in [-0.25, -0.2) is 0 Å². The molecule has 0 bridgehead atoms. The zero-order valence-corrected chi connectivity index (χ0v) is 19.6. The molecule has 4 nitrogen and oxygen atoms in total. The van der Waals surface area contributed by atoms with Crippen LogP contribution in [0, 0.1) is 11.8 Å². The Kier molecular flexibility index (Phi) is 7.42. The van der Waals surface area contributed by atoms with Gasteiger partial charge in [0.05, 0.1) is 12.3 Å². The number of hydrogen-bond acceptors (Lipinski definition) is 4. The Bertz CT molecular complexity index is 1130. The second-order valence-electron chi connectivity index (χ2n) is 9.84. The molecule has 5 rings (SSSR count). The van der Waals surface area contributed by atoms with Crippen LogP contribution in [-0.2, 0) is 9.68 Å². The smallest absolute Gasteiger partial charge is 0.120 e. The van der Waals surface area contributed by atoms with Crippen molar-refractivity contribution in [2.24, 2.45) is 17.0 Å². The molecule has 0 unspecified atom stereocenters. The summed E-state index contributed by atoms with van der Waals surface area (Å²) in [5.74, 6) is 1.28. The lowest BCUT2D eigenvalue weighted by Crippen LogP contribution is -2.16. The normalized spacial score (nSPS) is 18.6. The lowest BCUT2D eigenvalue weighted by Gasteiger charge is -2.21. The first kappa shape index (κ1) is 22.2.